The van der Waals surface area contributed by atoms with Crippen LogP contribution in [0, 0.1) is 11.3 Å². The molecule has 0 saturated heterocycles. The highest BCUT2D eigenvalue weighted by molar-refractivity contribution is 5.52. The van der Waals surface area contributed by atoms with E-state index < -0.39 is 0 Å². The van der Waals surface area contributed by atoms with Crippen LogP contribution >= 0.6 is 0 Å². The van der Waals surface area contributed by atoms with Gasteiger partial charge in [0.15, 0.2) is 0 Å². The Balaban J connectivity index is 2.21. The second kappa shape index (κ2) is 6.10. The summed E-state index contributed by atoms with van der Waals surface area (Å²) >= 11 is 0. The van der Waals surface area contributed by atoms with Crippen molar-refractivity contribution < 1.29 is 4.74 Å². The van der Waals surface area contributed by atoms with Crippen molar-refractivity contribution in [3.05, 3.63) is 70.1 Å². The molecule has 2 rings (SSSR count). The Morgan fingerprint density at radius 3 is 2.68 bits per heavy atom. The Bertz CT molecular complexity index is 655. The number of azide groups is 1. The third-order valence-electron chi connectivity index (χ3n) is 2.48. The quantitative estimate of drug-likeness (QED) is 0.465. The fourth-order valence-electron chi connectivity index (χ4n) is 1.57. The average molecular weight is 250 g/mol. The number of benzene rings is 2. The molecule has 5 nitrogen and oxygen atoms in total. The summed E-state index contributed by atoms with van der Waals surface area (Å²) in [4.78, 5) is 2.71. The van der Waals surface area contributed by atoms with Crippen molar-refractivity contribution in [3.8, 4) is 11.8 Å². The van der Waals surface area contributed by atoms with Crippen LogP contribution in [0.3, 0.4) is 0 Å². The first-order valence-corrected chi connectivity index (χ1v) is 5.59. The minimum atomic E-state index is 0.356. The van der Waals surface area contributed by atoms with E-state index in [4.69, 9.17) is 15.5 Å². The lowest BCUT2D eigenvalue weighted by Gasteiger charge is -2.08. The maximum Gasteiger partial charge on any atom is 0.138 e. The van der Waals surface area contributed by atoms with Gasteiger partial charge < -0.3 is 4.74 Å². The highest BCUT2D eigenvalue weighted by Gasteiger charge is 2.04. The fraction of sp³-hybridized carbons (Fsp3) is 0.0714. The van der Waals surface area contributed by atoms with Crippen molar-refractivity contribution in [2.24, 2.45) is 5.11 Å². The summed E-state index contributed by atoms with van der Waals surface area (Å²) in [7, 11) is 0. The van der Waals surface area contributed by atoms with Crippen molar-refractivity contribution >= 4 is 5.69 Å². The third kappa shape index (κ3) is 3.25. The Morgan fingerprint density at radius 2 is 2.00 bits per heavy atom. The first-order chi connectivity index (χ1) is 9.33. The van der Waals surface area contributed by atoms with Crippen molar-refractivity contribution in [3.63, 3.8) is 0 Å². The lowest BCUT2D eigenvalue weighted by atomic mass is 10.2. The monoisotopic (exact) mass is 250 g/mol. The number of hydrogen-bond acceptors (Lipinski definition) is 3. The zero-order valence-electron chi connectivity index (χ0n) is 10.0. The summed E-state index contributed by atoms with van der Waals surface area (Å²) in [5.74, 6) is 0.413. The highest BCUT2D eigenvalue weighted by atomic mass is 16.5. The van der Waals surface area contributed by atoms with E-state index in [0.717, 1.165) is 5.56 Å². The van der Waals surface area contributed by atoms with Gasteiger partial charge in [0.25, 0.3) is 0 Å². The third-order valence-corrected chi connectivity index (χ3v) is 2.48. The van der Waals surface area contributed by atoms with Gasteiger partial charge in [-0.25, -0.2) is 0 Å². The lowest BCUT2D eigenvalue weighted by Crippen LogP contribution is -1.96. The summed E-state index contributed by atoms with van der Waals surface area (Å²) in [6, 6.07) is 16.4. The molecule has 0 bridgehead atoms. The average Bonchev–Trinajstić information content (AvgIpc) is 2.47. The predicted octanol–water partition coefficient (Wildman–Crippen LogP) is 4.08. The SMILES string of the molecule is N#Cc1ccc(N=[N+]=[N-])cc1OCc1ccccc1. The van der Waals surface area contributed by atoms with Crippen LogP contribution in [0.2, 0.25) is 0 Å². The molecule has 92 valence electrons. The summed E-state index contributed by atoms with van der Waals surface area (Å²) in [6.45, 7) is 0.356. The molecule has 0 aliphatic carbocycles. The topological polar surface area (TPSA) is 81.8 Å². The van der Waals surface area contributed by atoms with E-state index in [1.54, 1.807) is 18.2 Å². The lowest BCUT2D eigenvalue weighted by molar-refractivity contribution is 0.305. The molecule has 0 fully saturated rings. The van der Waals surface area contributed by atoms with E-state index in [1.807, 2.05) is 36.4 Å². The molecule has 0 atom stereocenters. The molecule has 5 heteroatoms. The zero-order chi connectivity index (χ0) is 13.5. The maximum absolute atomic E-state index is 9.00. The smallest absolute Gasteiger partial charge is 0.138 e. The number of rotatable bonds is 4. The van der Waals surface area contributed by atoms with Crippen LogP contribution in [-0.4, -0.2) is 0 Å². The van der Waals surface area contributed by atoms with Gasteiger partial charge in [0.05, 0.1) is 5.56 Å². The van der Waals surface area contributed by atoms with Crippen LogP contribution in [-0.2, 0) is 6.61 Å². The molecule has 2 aromatic carbocycles. The van der Waals surface area contributed by atoms with Gasteiger partial charge in [0, 0.05) is 10.6 Å². The second-order valence-corrected chi connectivity index (χ2v) is 3.76. The Hall–Kier alpha value is -2.96. The summed E-state index contributed by atoms with van der Waals surface area (Å²) in [6.07, 6.45) is 0. The summed E-state index contributed by atoms with van der Waals surface area (Å²) in [5.41, 5.74) is 10.2. The molecule has 0 aliphatic heterocycles. The van der Waals surface area contributed by atoms with Gasteiger partial charge in [-0.15, -0.1) is 0 Å². The zero-order valence-corrected chi connectivity index (χ0v) is 10.0. The van der Waals surface area contributed by atoms with Gasteiger partial charge in [-0.05, 0) is 23.2 Å². The highest BCUT2D eigenvalue weighted by Crippen LogP contribution is 2.25. The van der Waals surface area contributed by atoms with Crippen LogP contribution in [0.4, 0.5) is 5.69 Å². The van der Waals surface area contributed by atoms with E-state index >= 15 is 0 Å². The molecule has 19 heavy (non-hydrogen) atoms. The van der Waals surface area contributed by atoms with E-state index in [1.165, 1.54) is 0 Å². The minimum Gasteiger partial charge on any atom is -0.488 e. The first-order valence-electron chi connectivity index (χ1n) is 5.59. The van der Waals surface area contributed by atoms with E-state index in [0.29, 0.717) is 23.6 Å². The fourth-order valence-corrected chi connectivity index (χ4v) is 1.57. The van der Waals surface area contributed by atoms with Gasteiger partial charge >= 0.3 is 0 Å². The van der Waals surface area contributed by atoms with Crippen LogP contribution in [0.1, 0.15) is 11.1 Å². The summed E-state index contributed by atoms with van der Waals surface area (Å²) < 4.78 is 5.60. The van der Waals surface area contributed by atoms with Crippen LogP contribution in [0.15, 0.2) is 53.6 Å². The van der Waals surface area contributed by atoms with E-state index in [9.17, 15) is 0 Å². The number of nitrogens with zero attached hydrogens (tertiary/aromatic N) is 4. The summed E-state index contributed by atoms with van der Waals surface area (Å²) in [5, 5.41) is 12.5. The van der Waals surface area contributed by atoms with Crippen LogP contribution in [0.25, 0.3) is 10.4 Å². The van der Waals surface area contributed by atoms with Gasteiger partial charge in [0.1, 0.15) is 18.4 Å². The largest absolute Gasteiger partial charge is 0.488 e. The molecule has 0 unspecified atom stereocenters. The first kappa shape index (κ1) is 12.5. The molecule has 0 aromatic heterocycles. The molecule has 2 aromatic rings. The van der Waals surface area contributed by atoms with Crippen LogP contribution < -0.4 is 4.74 Å². The molecule has 0 saturated carbocycles. The number of hydrogen-bond donors (Lipinski definition) is 0. The molecule has 0 spiro atoms. The maximum atomic E-state index is 9.00. The molecular formula is C14H10N4O. The number of nitriles is 1. The second-order valence-electron chi connectivity index (χ2n) is 3.76. The van der Waals surface area contributed by atoms with Gasteiger partial charge in [-0.3, -0.25) is 0 Å². The van der Waals surface area contributed by atoms with Crippen LogP contribution in [0.5, 0.6) is 5.75 Å². The van der Waals surface area contributed by atoms with Crippen molar-refractivity contribution in [1.29, 1.82) is 5.26 Å². The molecular weight excluding hydrogens is 240 g/mol. The minimum absolute atomic E-state index is 0.356. The van der Waals surface area contributed by atoms with E-state index in [-0.39, 0.29) is 0 Å². The molecule has 0 amide bonds. The normalized spacial score (nSPS) is 9.21. The molecule has 0 radical (unpaired) electrons. The number of ether oxygens (including phenoxy) is 1. The predicted molar refractivity (Wildman–Crippen MR) is 70.7 cm³/mol. The molecule has 0 heterocycles. The van der Waals surface area contributed by atoms with Gasteiger partial charge in [0.2, 0.25) is 0 Å². The van der Waals surface area contributed by atoms with Crippen molar-refractivity contribution in [1.82, 2.24) is 0 Å². The standard InChI is InChI=1S/C14H10N4O/c15-9-12-6-7-13(17-18-16)8-14(12)19-10-11-4-2-1-3-5-11/h1-8H,10H2. The van der Waals surface area contributed by atoms with Crippen molar-refractivity contribution in [2.45, 2.75) is 6.61 Å². The Labute approximate surface area is 110 Å². The van der Waals surface area contributed by atoms with E-state index in [2.05, 4.69) is 10.0 Å². The Kier molecular flexibility index (Phi) is 4.01. The van der Waals surface area contributed by atoms with Gasteiger partial charge in [-0.2, -0.15) is 5.26 Å². The van der Waals surface area contributed by atoms with Crippen molar-refractivity contribution in [2.75, 3.05) is 0 Å². The van der Waals surface area contributed by atoms with Gasteiger partial charge in [-0.1, -0.05) is 41.5 Å². The molecule has 0 N–H and O–H groups in total. The Morgan fingerprint density at radius 1 is 1.21 bits per heavy atom. The molecule has 0 aliphatic rings.